The Labute approximate surface area is 81.0 Å². The number of nitrogens with two attached hydrogens (primary N) is 1. The van der Waals surface area contributed by atoms with Gasteiger partial charge in [-0.05, 0) is 49.4 Å². The first-order valence-electron chi connectivity index (χ1n) is 4.93. The minimum absolute atomic E-state index is 0.589. The molecule has 0 radical (unpaired) electrons. The number of hydrogen-bond acceptors (Lipinski definition) is 1. The fourth-order valence-corrected chi connectivity index (χ4v) is 2.00. The zero-order valence-corrected chi connectivity index (χ0v) is 8.80. The van der Waals surface area contributed by atoms with Crippen LogP contribution in [0, 0.1) is 13.8 Å². The van der Waals surface area contributed by atoms with Gasteiger partial charge in [0.2, 0.25) is 0 Å². The second kappa shape index (κ2) is 4.43. The van der Waals surface area contributed by atoms with E-state index in [-0.39, 0.29) is 0 Å². The van der Waals surface area contributed by atoms with E-state index in [9.17, 15) is 0 Å². The van der Waals surface area contributed by atoms with Crippen LogP contribution in [0.5, 0.6) is 0 Å². The lowest BCUT2D eigenvalue weighted by atomic mass is 9.90. The normalized spacial score (nSPS) is 12.9. The standard InChI is InChI=1S/C12H19N/c1-9-5-4-6-10(2)12(9)11(3)7-8-13/h4-6,11H,7-8,13H2,1-3H3. The lowest BCUT2D eigenvalue weighted by Gasteiger charge is -2.16. The minimum atomic E-state index is 0.589. The third kappa shape index (κ3) is 2.31. The first-order valence-corrected chi connectivity index (χ1v) is 4.93. The van der Waals surface area contributed by atoms with Gasteiger partial charge in [0.15, 0.2) is 0 Å². The fraction of sp³-hybridized carbons (Fsp3) is 0.500. The van der Waals surface area contributed by atoms with Crippen LogP contribution in [0.3, 0.4) is 0 Å². The smallest absolute Gasteiger partial charge is 0.00715 e. The van der Waals surface area contributed by atoms with Gasteiger partial charge in [-0.1, -0.05) is 25.1 Å². The predicted octanol–water partition coefficient (Wildman–Crippen LogP) is 2.76. The molecule has 0 aliphatic carbocycles. The van der Waals surface area contributed by atoms with Gasteiger partial charge in [-0.3, -0.25) is 0 Å². The quantitative estimate of drug-likeness (QED) is 0.755. The van der Waals surface area contributed by atoms with Crippen LogP contribution in [0.1, 0.15) is 36.0 Å². The third-order valence-corrected chi connectivity index (χ3v) is 2.63. The molecule has 0 spiro atoms. The summed E-state index contributed by atoms with van der Waals surface area (Å²) in [5, 5.41) is 0. The molecule has 0 aromatic heterocycles. The molecule has 1 nitrogen and oxygen atoms in total. The molecule has 13 heavy (non-hydrogen) atoms. The van der Waals surface area contributed by atoms with Crippen LogP contribution in [0.15, 0.2) is 18.2 Å². The Kier molecular flexibility index (Phi) is 3.49. The van der Waals surface area contributed by atoms with Crippen molar-refractivity contribution in [3.05, 3.63) is 34.9 Å². The van der Waals surface area contributed by atoms with E-state index in [2.05, 4.69) is 39.0 Å². The van der Waals surface area contributed by atoms with Gasteiger partial charge in [-0.15, -0.1) is 0 Å². The predicted molar refractivity (Wildman–Crippen MR) is 58.0 cm³/mol. The van der Waals surface area contributed by atoms with Crippen LogP contribution in [-0.4, -0.2) is 6.54 Å². The van der Waals surface area contributed by atoms with Gasteiger partial charge in [-0.25, -0.2) is 0 Å². The van der Waals surface area contributed by atoms with E-state index in [4.69, 9.17) is 5.73 Å². The second-order valence-corrected chi connectivity index (χ2v) is 3.78. The largest absolute Gasteiger partial charge is 0.330 e. The molecular formula is C12H19N. The summed E-state index contributed by atoms with van der Waals surface area (Å²) in [7, 11) is 0. The van der Waals surface area contributed by atoms with Crippen molar-refractivity contribution in [2.24, 2.45) is 5.73 Å². The Balaban J connectivity index is 2.98. The molecule has 1 rings (SSSR count). The number of hydrogen-bond donors (Lipinski definition) is 1. The van der Waals surface area contributed by atoms with Crippen molar-refractivity contribution >= 4 is 0 Å². The molecule has 1 heteroatoms. The van der Waals surface area contributed by atoms with Crippen molar-refractivity contribution in [1.29, 1.82) is 0 Å². The van der Waals surface area contributed by atoms with E-state index in [0.29, 0.717) is 5.92 Å². The Hall–Kier alpha value is -0.820. The molecule has 0 heterocycles. The Morgan fingerprint density at radius 1 is 1.23 bits per heavy atom. The van der Waals surface area contributed by atoms with E-state index in [1.54, 1.807) is 0 Å². The highest BCUT2D eigenvalue weighted by Crippen LogP contribution is 2.25. The molecule has 1 unspecified atom stereocenters. The number of benzene rings is 1. The number of rotatable bonds is 3. The summed E-state index contributed by atoms with van der Waals surface area (Å²) in [6.45, 7) is 7.38. The molecule has 1 aromatic rings. The van der Waals surface area contributed by atoms with Gasteiger partial charge in [0.1, 0.15) is 0 Å². The third-order valence-electron chi connectivity index (χ3n) is 2.63. The van der Waals surface area contributed by atoms with Crippen molar-refractivity contribution in [3.8, 4) is 0 Å². The maximum absolute atomic E-state index is 5.57. The van der Waals surface area contributed by atoms with Crippen LogP contribution < -0.4 is 5.73 Å². The van der Waals surface area contributed by atoms with Crippen molar-refractivity contribution in [3.63, 3.8) is 0 Å². The van der Waals surface area contributed by atoms with E-state index < -0.39 is 0 Å². The SMILES string of the molecule is Cc1cccc(C)c1C(C)CCN. The molecule has 1 atom stereocenters. The lowest BCUT2D eigenvalue weighted by Crippen LogP contribution is -2.07. The zero-order chi connectivity index (χ0) is 9.84. The summed E-state index contributed by atoms with van der Waals surface area (Å²) in [5.74, 6) is 0.589. The van der Waals surface area contributed by atoms with E-state index in [0.717, 1.165) is 13.0 Å². The lowest BCUT2D eigenvalue weighted by molar-refractivity contribution is 0.682. The maximum Gasteiger partial charge on any atom is -0.00715 e. The topological polar surface area (TPSA) is 26.0 Å². The van der Waals surface area contributed by atoms with Gasteiger partial charge in [0.05, 0.1) is 0 Å². The van der Waals surface area contributed by atoms with Gasteiger partial charge in [0, 0.05) is 0 Å². The van der Waals surface area contributed by atoms with E-state index >= 15 is 0 Å². The summed E-state index contributed by atoms with van der Waals surface area (Å²) in [5.41, 5.74) is 9.83. The van der Waals surface area contributed by atoms with Gasteiger partial charge in [0.25, 0.3) is 0 Å². The van der Waals surface area contributed by atoms with Crippen molar-refractivity contribution in [2.45, 2.75) is 33.1 Å². The van der Waals surface area contributed by atoms with Crippen molar-refractivity contribution in [2.75, 3.05) is 6.54 Å². The zero-order valence-electron chi connectivity index (χ0n) is 8.80. The average Bonchev–Trinajstić information content (AvgIpc) is 2.04. The molecule has 0 fully saturated rings. The molecular weight excluding hydrogens is 158 g/mol. The minimum Gasteiger partial charge on any atom is -0.330 e. The summed E-state index contributed by atoms with van der Waals surface area (Å²) < 4.78 is 0. The molecule has 0 aliphatic rings. The molecule has 0 bridgehead atoms. The summed E-state index contributed by atoms with van der Waals surface area (Å²) in [6, 6.07) is 6.47. The van der Waals surface area contributed by atoms with Gasteiger partial charge in [-0.2, -0.15) is 0 Å². The fourth-order valence-electron chi connectivity index (χ4n) is 2.00. The molecule has 1 aromatic carbocycles. The Bertz CT molecular complexity index is 258. The Morgan fingerprint density at radius 3 is 2.23 bits per heavy atom. The van der Waals surface area contributed by atoms with Crippen LogP contribution in [0.4, 0.5) is 0 Å². The van der Waals surface area contributed by atoms with E-state index in [1.165, 1.54) is 16.7 Å². The highest BCUT2D eigenvalue weighted by atomic mass is 14.5. The van der Waals surface area contributed by atoms with Crippen LogP contribution in [-0.2, 0) is 0 Å². The van der Waals surface area contributed by atoms with Gasteiger partial charge < -0.3 is 5.73 Å². The van der Waals surface area contributed by atoms with Crippen LogP contribution in [0.25, 0.3) is 0 Å². The molecule has 2 N–H and O–H groups in total. The summed E-state index contributed by atoms with van der Waals surface area (Å²) in [4.78, 5) is 0. The van der Waals surface area contributed by atoms with Crippen LogP contribution >= 0.6 is 0 Å². The summed E-state index contributed by atoms with van der Waals surface area (Å²) in [6.07, 6.45) is 1.08. The highest BCUT2D eigenvalue weighted by Gasteiger charge is 2.09. The van der Waals surface area contributed by atoms with Crippen LogP contribution in [0.2, 0.25) is 0 Å². The highest BCUT2D eigenvalue weighted by molar-refractivity contribution is 5.36. The first kappa shape index (κ1) is 10.3. The molecule has 0 saturated heterocycles. The molecule has 72 valence electrons. The second-order valence-electron chi connectivity index (χ2n) is 3.78. The molecule has 0 aliphatic heterocycles. The Morgan fingerprint density at radius 2 is 1.77 bits per heavy atom. The first-order chi connectivity index (χ1) is 6.16. The molecule has 0 saturated carbocycles. The van der Waals surface area contributed by atoms with Crippen molar-refractivity contribution < 1.29 is 0 Å². The van der Waals surface area contributed by atoms with Crippen molar-refractivity contribution in [1.82, 2.24) is 0 Å². The average molecular weight is 177 g/mol. The maximum atomic E-state index is 5.57. The van der Waals surface area contributed by atoms with E-state index in [1.807, 2.05) is 0 Å². The monoisotopic (exact) mass is 177 g/mol. The molecule has 0 amide bonds. The van der Waals surface area contributed by atoms with Gasteiger partial charge >= 0.3 is 0 Å². The number of aryl methyl sites for hydroxylation is 2. The summed E-state index contributed by atoms with van der Waals surface area (Å²) >= 11 is 0.